The molecule has 2 rings (SSSR count). The molecule has 20 heavy (non-hydrogen) atoms. The first-order valence-corrected chi connectivity index (χ1v) is 8.26. The van der Waals surface area contributed by atoms with Crippen molar-refractivity contribution >= 4 is 10.0 Å². The summed E-state index contributed by atoms with van der Waals surface area (Å²) in [4.78, 5) is 0.294. The Labute approximate surface area is 120 Å². The monoisotopic (exact) mass is 299 g/mol. The lowest BCUT2D eigenvalue weighted by Gasteiger charge is -2.34. The van der Waals surface area contributed by atoms with Crippen molar-refractivity contribution in [2.24, 2.45) is 0 Å². The number of ether oxygens (including phenoxy) is 2. The fourth-order valence-corrected chi connectivity index (χ4v) is 3.94. The molecule has 0 amide bonds. The van der Waals surface area contributed by atoms with E-state index in [2.05, 4.69) is 0 Å². The summed E-state index contributed by atoms with van der Waals surface area (Å²) < 4.78 is 37.5. The minimum absolute atomic E-state index is 0.0868. The van der Waals surface area contributed by atoms with Crippen molar-refractivity contribution in [3.05, 3.63) is 24.3 Å². The highest BCUT2D eigenvalue weighted by Crippen LogP contribution is 2.23. The Kier molecular flexibility index (Phi) is 4.67. The third-order valence-electron chi connectivity index (χ3n) is 3.16. The van der Waals surface area contributed by atoms with Gasteiger partial charge in [0, 0.05) is 13.1 Å². The molecular weight excluding hydrogens is 278 g/mol. The van der Waals surface area contributed by atoms with Gasteiger partial charge in [0.25, 0.3) is 0 Å². The third-order valence-corrected chi connectivity index (χ3v) is 5.00. The van der Waals surface area contributed by atoms with Crippen molar-refractivity contribution in [2.75, 3.05) is 19.7 Å². The van der Waals surface area contributed by atoms with Gasteiger partial charge in [-0.2, -0.15) is 4.31 Å². The molecule has 1 aromatic carbocycles. The highest BCUT2D eigenvalue weighted by Gasteiger charge is 2.32. The van der Waals surface area contributed by atoms with Crippen LogP contribution in [0.2, 0.25) is 0 Å². The smallest absolute Gasteiger partial charge is 0.243 e. The van der Waals surface area contributed by atoms with Gasteiger partial charge in [0.15, 0.2) is 0 Å². The van der Waals surface area contributed by atoms with Crippen molar-refractivity contribution in [1.82, 2.24) is 4.31 Å². The molecule has 5 nitrogen and oxygen atoms in total. The van der Waals surface area contributed by atoms with Crippen LogP contribution >= 0.6 is 0 Å². The Bertz CT molecular complexity index is 531. The molecule has 112 valence electrons. The van der Waals surface area contributed by atoms with E-state index in [9.17, 15) is 8.42 Å². The molecule has 1 aliphatic heterocycles. The molecule has 1 saturated heterocycles. The average molecular weight is 299 g/mol. The van der Waals surface area contributed by atoms with E-state index < -0.39 is 10.0 Å². The molecule has 0 aliphatic carbocycles. The second-order valence-electron chi connectivity index (χ2n) is 4.98. The van der Waals surface area contributed by atoms with Gasteiger partial charge in [0.2, 0.25) is 10.0 Å². The summed E-state index contributed by atoms with van der Waals surface area (Å²) in [6.07, 6.45) is -0.174. The number of rotatable bonds is 4. The lowest BCUT2D eigenvalue weighted by Crippen LogP contribution is -2.48. The lowest BCUT2D eigenvalue weighted by molar-refractivity contribution is -0.0440. The molecule has 0 radical (unpaired) electrons. The van der Waals surface area contributed by atoms with Crippen LogP contribution in [0.15, 0.2) is 29.2 Å². The Hall–Kier alpha value is -1.11. The first-order chi connectivity index (χ1) is 9.43. The van der Waals surface area contributed by atoms with E-state index in [-0.39, 0.29) is 12.2 Å². The summed E-state index contributed by atoms with van der Waals surface area (Å²) >= 11 is 0. The minimum atomic E-state index is -3.46. The molecule has 1 aromatic rings. The van der Waals surface area contributed by atoms with E-state index in [1.165, 1.54) is 4.31 Å². The van der Waals surface area contributed by atoms with Crippen LogP contribution in [0.4, 0.5) is 0 Å². The van der Waals surface area contributed by atoms with E-state index in [0.717, 1.165) is 0 Å². The number of nitrogens with zero attached hydrogens (tertiary/aromatic N) is 1. The fourth-order valence-electron chi connectivity index (χ4n) is 2.35. The zero-order chi connectivity index (χ0) is 14.8. The van der Waals surface area contributed by atoms with Gasteiger partial charge >= 0.3 is 0 Å². The van der Waals surface area contributed by atoms with E-state index in [1.807, 2.05) is 20.8 Å². The second-order valence-corrected chi connectivity index (χ2v) is 6.92. The van der Waals surface area contributed by atoms with Gasteiger partial charge in [-0.1, -0.05) is 0 Å². The number of hydrogen-bond acceptors (Lipinski definition) is 4. The van der Waals surface area contributed by atoms with Gasteiger partial charge in [-0.25, -0.2) is 8.42 Å². The summed E-state index contributed by atoms with van der Waals surface area (Å²) in [5.41, 5.74) is 0. The van der Waals surface area contributed by atoms with Crippen LogP contribution in [0.5, 0.6) is 5.75 Å². The topological polar surface area (TPSA) is 55.8 Å². The van der Waals surface area contributed by atoms with Gasteiger partial charge in [0.1, 0.15) is 5.75 Å². The molecule has 0 spiro atoms. The Morgan fingerprint density at radius 2 is 1.75 bits per heavy atom. The summed E-state index contributed by atoms with van der Waals surface area (Å²) in [5.74, 6) is 0.676. The van der Waals surface area contributed by atoms with Crippen molar-refractivity contribution in [3.63, 3.8) is 0 Å². The molecule has 6 heteroatoms. The van der Waals surface area contributed by atoms with Crippen LogP contribution in [-0.2, 0) is 14.8 Å². The van der Waals surface area contributed by atoms with Crippen LogP contribution in [0.1, 0.15) is 20.8 Å². The predicted octanol–water partition coefficient (Wildman–Crippen LogP) is 1.88. The van der Waals surface area contributed by atoms with Crippen LogP contribution in [0.25, 0.3) is 0 Å². The second kappa shape index (κ2) is 6.11. The highest BCUT2D eigenvalue weighted by atomic mass is 32.2. The van der Waals surface area contributed by atoms with Gasteiger partial charge in [-0.05, 0) is 45.0 Å². The summed E-state index contributed by atoms with van der Waals surface area (Å²) in [6.45, 7) is 7.00. The van der Waals surface area contributed by atoms with Crippen LogP contribution in [0.3, 0.4) is 0 Å². The standard InChI is InChI=1S/C14H21NO4S/c1-4-18-13-5-7-14(8-6-13)20(16,17)15-9-11(2)19-12(3)10-15/h5-8,11-12H,4,9-10H2,1-3H3. The fraction of sp³-hybridized carbons (Fsp3) is 0.571. The highest BCUT2D eigenvalue weighted by molar-refractivity contribution is 7.89. The molecule has 0 aromatic heterocycles. The SMILES string of the molecule is CCOc1ccc(S(=O)(=O)N2CC(C)OC(C)C2)cc1. The summed E-state index contributed by atoms with van der Waals surface area (Å²) in [5, 5.41) is 0. The first kappa shape index (κ1) is 15.3. The van der Waals surface area contributed by atoms with Gasteiger partial charge in [-0.15, -0.1) is 0 Å². The molecule has 1 fully saturated rings. The average Bonchev–Trinajstić information content (AvgIpc) is 2.38. The van der Waals surface area contributed by atoms with Gasteiger partial charge < -0.3 is 9.47 Å². The van der Waals surface area contributed by atoms with Crippen molar-refractivity contribution < 1.29 is 17.9 Å². The quantitative estimate of drug-likeness (QED) is 0.852. The molecule has 2 unspecified atom stereocenters. The van der Waals surface area contributed by atoms with Crippen LogP contribution in [0, 0.1) is 0 Å². The molecule has 0 saturated carbocycles. The van der Waals surface area contributed by atoms with Gasteiger partial charge in [0.05, 0.1) is 23.7 Å². The molecule has 1 heterocycles. The van der Waals surface area contributed by atoms with Crippen LogP contribution < -0.4 is 4.74 Å². The number of benzene rings is 1. The number of sulfonamides is 1. The third kappa shape index (κ3) is 3.31. The normalized spacial score (nSPS) is 24.6. The zero-order valence-corrected chi connectivity index (χ0v) is 12.9. The zero-order valence-electron chi connectivity index (χ0n) is 12.1. The van der Waals surface area contributed by atoms with Crippen molar-refractivity contribution in [3.8, 4) is 5.75 Å². The summed E-state index contributed by atoms with van der Waals surface area (Å²) in [7, 11) is -3.46. The van der Waals surface area contributed by atoms with E-state index in [0.29, 0.717) is 30.3 Å². The minimum Gasteiger partial charge on any atom is -0.494 e. The van der Waals surface area contributed by atoms with E-state index in [1.54, 1.807) is 24.3 Å². The predicted molar refractivity (Wildman–Crippen MR) is 76.4 cm³/mol. The Morgan fingerprint density at radius 3 is 2.25 bits per heavy atom. The summed E-state index contributed by atoms with van der Waals surface area (Å²) in [6, 6.07) is 6.55. The van der Waals surface area contributed by atoms with E-state index >= 15 is 0 Å². The van der Waals surface area contributed by atoms with Gasteiger partial charge in [-0.3, -0.25) is 0 Å². The molecule has 1 aliphatic rings. The van der Waals surface area contributed by atoms with Crippen LogP contribution in [-0.4, -0.2) is 44.6 Å². The number of morpholine rings is 1. The maximum atomic E-state index is 12.6. The maximum absolute atomic E-state index is 12.6. The first-order valence-electron chi connectivity index (χ1n) is 6.82. The maximum Gasteiger partial charge on any atom is 0.243 e. The lowest BCUT2D eigenvalue weighted by atomic mass is 10.3. The molecule has 0 bridgehead atoms. The van der Waals surface area contributed by atoms with Crippen molar-refractivity contribution in [2.45, 2.75) is 37.9 Å². The van der Waals surface area contributed by atoms with Crippen molar-refractivity contribution in [1.29, 1.82) is 0 Å². The van der Waals surface area contributed by atoms with E-state index in [4.69, 9.17) is 9.47 Å². The molecule has 2 atom stereocenters. The molecule has 0 N–H and O–H groups in total. The Morgan fingerprint density at radius 1 is 1.20 bits per heavy atom. The molecular formula is C14H21NO4S. The Balaban J connectivity index is 2.21. The number of hydrogen-bond donors (Lipinski definition) is 0. The largest absolute Gasteiger partial charge is 0.494 e.